The largest absolute Gasteiger partial charge is 0.462 e. The van der Waals surface area contributed by atoms with Crippen molar-refractivity contribution < 1.29 is 28.6 Å². The van der Waals surface area contributed by atoms with Crippen LogP contribution in [0.2, 0.25) is 0 Å². The predicted octanol–water partition coefficient (Wildman–Crippen LogP) is 18.6. The van der Waals surface area contributed by atoms with Gasteiger partial charge in [0.15, 0.2) is 6.10 Å². The van der Waals surface area contributed by atoms with Gasteiger partial charge in [0.05, 0.1) is 0 Å². The summed E-state index contributed by atoms with van der Waals surface area (Å²) < 4.78 is 16.8. The Balaban J connectivity index is 4.37. The summed E-state index contributed by atoms with van der Waals surface area (Å²) in [5, 5.41) is 0. The molecule has 388 valence electrons. The summed E-state index contributed by atoms with van der Waals surface area (Å²) >= 11 is 0. The molecule has 1 atom stereocenters. The number of hydrogen-bond donors (Lipinski definition) is 0. The zero-order chi connectivity index (χ0) is 50.0. The number of ether oxygens (including phenoxy) is 3. The van der Waals surface area contributed by atoms with E-state index in [1.165, 1.54) is 25.7 Å². The second kappa shape index (κ2) is 56.1. The van der Waals surface area contributed by atoms with Crippen LogP contribution in [0, 0.1) is 0 Å². The number of unbranched alkanes of at least 4 members (excludes halogenated alkanes) is 15. The van der Waals surface area contributed by atoms with Gasteiger partial charge in [-0.25, -0.2) is 0 Å². The Hall–Kier alpha value is -4.45. The van der Waals surface area contributed by atoms with Crippen molar-refractivity contribution in [3.8, 4) is 0 Å². The van der Waals surface area contributed by atoms with Crippen LogP contribution in [-0.4, -0.2) is 37.2 Å². The predicted molar refractivity (Wildman–Crippen MR) is 297 cm³/mol. The first-order chi connectivity index (χ1) is 34.0. The molecule has 0 aromatic carbocycles. The molecule has 0 spiro atoms. The highest BCUT2D eigenvalue weighted by atomic mass is 16.6. The van der Waals surface area contributed by atoms with Crippen LogP contribution in [0.3, 0.4) is 0 Å². The average Bonchev–Trinajstić information content (AvgIpc) is 3.35. The van der Waals surface area contributed by atoms with E-state index < -0.39 is 6.10 Å². The third-order valence-electron chi connectivity index (χ3n) is 11.1. The maximum Gasteiger partial charge on any atom is 0.306 e. The molecule has 69 heavy (non-hydrogen) atoms. The van der Waals surface area contributed by atoms with Crippen molar-refractivity contribution in [2.24, 2.45) is 0 Å². The SMILES string of the molecule is CC/C=C\C/C=C\C/C=C\C/C=C\C/C=C\C/C=C\C/C=C\CCCCCCCC(=O)OCC(COC(=O)CCCCCCC/C=C\CCCC)OC(=O)CCCCC/C=C\C/C=C\C/C=C\CC. The topological polar surface area (TPSA) is 78.9 Å². The van der Waals surface area contributed by atoms with Crippen LogP contribution in [0.25, 0.3) is 0 Å². The Morgan fingerprint density at radius 3 is 0.913 bits per heavy atom. The standard InChI is InChI=1S/C63H100O6/c1-4-7-10-13-16-19-22-24-25-26-27-28-29-30-31-32-33-34-35-36-37-39-41-44-47-50-53-56-62(65)68-59-60(58-67-61(64)55-52-49-46-43-40-21-18-15-12-9-6-3)69-63(66)57-54-51-48-45-42-38-23-20-17-14-11-8-5-2/h7-8,10-11,15-20,24-25,27-28,30-31,33-34,36-38,42,60H,4-6,9,12-14,21-23,26,29,32,35,39-41,43-59H2,1-3H3/b10-7-,11-8-,18-15-,19-16-,20-17-,25-24-,28-27-,31-30-,34-33-,37-36-,42-38-. The third kappa shape index (κ3) is 54.4. The molecule has 0 aliphatic heterocycles. The van der Waals surface area contributed by atoms with Crippen LogP contribution in [0.4, 0.5) is 0 Å². The fourth-order valence-corrected chi connectivity index (χ4v) is 7.00. The van der Waals surface area contributed by atoms with Crippen molar-refractivity contribution in [1.82, 2.24) is 0 Å². The fourth-order valence-electron chi connectivity index (χ4n) is 7.00. The van der Waals surface area contributed by atoms with E-state index in [9.17, 15) is 14.4 Å². The lowest BCUT2D eigenvalue weighted by molar-refractivity contribution is -0.167. The Kier molecular flexibility index (Phi) is 52.5. The first-order valence-corrected chi connectivity index (χ1v) is 27.7. The van der Waals surface area contributed by atoms with Gasteiger partial charge in [-0.2, -0.15) is 0 Å². The Morgan fingerprint density at radius 2 is 0.565 bits per heavy atom. The molecule has 6 heteroatoms. The highest BCUT2D eigenvalue weighted by Gasteiger charge is 2.19. The van der Waals surface area contributed by atoms with Gasteiger partial charge in [0.1, 0.15) is 13.2 Å². The molecule has 0 amide bonds. The van der Waals surface area contributed by atoms with Crippen LogP contribution < -0.4 is 0 Å². The van der Waals surface area contributed by atoms with E-state index in [0.717, 1.165) is 161 Å². The lowest BCUT2D eigenvalue weighted by Crippen LogP contribution is -2.30. The Labute approximate surface area is 424 Å². The minimum Gasteiger partial charge on any atom is -0.462 e. The molecule has 0 saturated heterocycles. The first kappa shape index (κ1) is 64.5. The summed E-state index contributed by atoms with van der Waals surface area (Å²) in [7, 11) is 0. The highest BCUT2D eigenvalue weighted by molar-refractivity contribution is 5.71. The molecular weight excluding hydrogens is 853 g/mol. The summed E-state index contributed by atoms with van der Waals surface area (Å²) in [5.74, 6) is -0.972. The molecule has 0 aromatic heterocycles. The van der Waals surface area contributed by atoms with Crippen LogP contribution in [0.5, 0.6) is 0 Å². The number of carbonyl (C=O) groups is 3. The second-order valence-corrected chi connectivity index (χ2v) is 17.7. The van der Waals surface area contributed by atoms with Crippen molar-refractivity contribution in [2.75, 3.05) is 13.2 Å². The average molecular weight is 953 g/mol. The molecule has 6 nitrogen and oxygen atoms in total. The van der Waals surface area contributed by atoms with Gasteiger partial charge in [-0.3, -0.25) is 14.4 Å². The smallest absolute Gasteiger partial charge is 0.306 e. The van der Waals surface area contributed by atoms with Crippen LogP contribution in [0.15, 0.2) is 134 Å². The number of carbonyl (C=O) groups excluding carboxylic acids is 3. The molecule has 0 N–H and O–H groups in total. The minimum atomic E-state index is -0.809. The number of allylic oxidation sites excluding steroid dienone is 22. The summed E-state index contributed by atoms with van der Waals surface area (Å²) in [6, 6.07) is 0. The zero-order valence-corrected chi connectivity index (χ0v) is 44.3. The molecular formula is C63H100O6. The molecule has 0 aromatic rings. The quantitative estimate of drug-likeness (QED) is 0.0262. The number of rotatable bonds is 48. The van der Waals surface area contributed by atoms with Crippen molar-refractivity contribution in [3.05, 3.63) is 134 Å². The molecule has 0 aliphatic rings. The molecule has 0 fully saturated rings. The molecule has 1 unspecified atom stereocenters. The fraction of sp³-hybridized carbons (Fsp3) is 0.603. The van der Waals surface area contributed by atoms with E-state index >= 15 is 0 Å². The van der Waals surface area contributed by atoms with E-state index in [4.69, 9.17) is 14.2 Å². The Bertz CT molecular complexity index is 1510. The van der Waals surface area contributed by atoms with E-state index in [0.29, 0.717) is 12.8 Å². The lowest BCUT2D eigenvalue weighted by Gasteiger charge is -2.18. The number of hydrogen-bond acceptors (Lipinski definition) is 6. The lowest BCUT2D eigenvalue weighted by atomic mass is 10.1. The van der Waals surface area contributed by atoms with Crippen LogP contribution >= 0.6 is 0 Å². The van der Waals surface area contributed by atoms with Crippen LogP contribution in [0.1, 0.15) is 226 Å². The molecule has 0 rings (SSSR count). The normalized spacial score (nSPS) is 13.1. The van der Waals surface area contributed by atoms with Gasteiger partial charge >= 0.3 is 17.9 Å². The van der Waals surface area contributed by atoms with Crippen molar-refractivity contribution in [1.29, 1.82) is 0 Å². The molecule has 0 radical (unpaired) electrons. The summed E-state index contributed by atoms with van der Waals surface area (Å²) in [4.78, 5) is 38.0. The van der Waals surface area contributed by atoms with Crippen molar-refractivity contribution in [2.45, 2.75) is 232 Å². The second-order valence-electron chi connectivity index (χ2n) is 17.7. The van der Waals surface area contributed by atoms with Crippen molar-refractivity contribution >= 4 is 17.9 Å². The summed E-state index contributed by atoms with van der Waals surface area (Å²) in [6.07, 6.45) is 78.8. The summed E-state index contributed by atoms with van der Waals surface area (Å²) in [5.41, 5.74) is 0. The van der Waals surface area contributed by atoms with Crippen molar-refractivity contribution in [3.63, 3.8) is 0 Å². The van der Waals surface area contributed by atoms with E-state index in [1.807, 2.05) is 0 Å². The molecule has 0 saturated carbocycles. The van der Waals surface area contributed by atoms with E-state index in [1.54, 1.807) is 0 Å². The highest BCUT2D eigenvalue weighted by Crippen LogP contribution is 2.13. The first-order valence-electron chi connectivity index (χ1n) is 27.7. The molecule has 0 bridgehead atoms. The summed E-state index contributed by atoms with van der Waals surface area (Å²) in [6.45, 7) is 6.30. The minimum absolute atomic E-state index is 0.105. The van der Waals surface area contributed by atoms with E-state index in [-0.39, 0.29) is 37.5 Å². The monoisotopic (exact) mass is 953 g/mol. The maximum absolute atomic E-state index is 12.8. The zero-order valence-electron chi connectivity index (χ0n) is 44.3. The van der Waals surface area contributed by atoms with Gasteiger partial charge in [-0.15, -0.1) is 0 Å². The van der Waals surface area contributed by atoms with Gasteiger partial charge in [0.2, 0.25) is 0 Å². The number of esters is 3. The Morgan fingerprint density at radius 1 is 0.304 bits per heavy atom. The van der Waals surface area contributed by atoms with Gasteiger partial charge < -0.3 is 14.2 Å². The molecule has 0 aliphatic carbocycles. The third-order valence-corrected chi connectivity index (χ3v) is 11.1. The maximum atomic E-state index is 12.8. The van der Waals surface area contributed by atoms with Gasteiger partial charge in [0, 0.05) is 19.3 Å². The molecule has 0 heterocycles. The van der Waals surface area contributed by atoms with Gasteiger partial charge in [0.25, 0.3) is 0 Å². The van der Waals surface area contributed by atoms with Gasteiger partial charge in [-0.1, -0.05) is 212 Å². The van der Waals surface area contributed by atoms with Gasteiger partial charge in [-0.05, 0) is 128 Å². The van der Waals surface area contributed by atoms with Crippen LogP contribution in [-0.2, 0) is 28.6 Å². The van der Waals surface area contributed by atoms with E-state index in [2.05, 4.69) is 154 Å².